The molecule has 2 aromatic carbocycles. The van der Waals surface area contributed by atoms with Crippen LogP contribution >= 0.6 is 11.3 Å². The fraction of sp³-hybridized carbons (Fsp3) is 0.345. The summed E-state index contributed by atoms with van der Waals surface area (Å²) in [5.74, 6) is -1.40. The van der Waals surface area contributed by atoms with Crippen LogP contribution in [0.1, 0.15) is 38.8 Å². The van der Waals surface area contributed by atoms with Gasteiger partial charge in [0.1, 0.15) is 12.4 Å². The van der Waals surface area contributed by atoms with Gasteiger partial charge in [-0.3, -0.25) is 14.5 Å². The number of rotatable bonds is 8. The van der Waals surface area contributed by atoms with E-state index in [9.17, 15) is 14.0 Å². The molecule has 3 heterocycles. The number of hydrogen-bond acceptors (Lipinski definition) is 6. The van der Waals surface area contributed by atoms with Crippen LogP contribution < -0.4 is 0 Å². The standard InChI is InChI=1S/C29H31FN4O3S/c1-21-8-10-22(11-9-21)26-19-25(27-7-4-18-38-27)31-34(26)28(35)20-33(13-12-32-14-16-37-17-15-32)29(36)23-5-2-3-6-24(23)30/h2-11,18,26H,12-17,19-20H2,1H3/t26-/m1/s1. The molecule has 7 nitrogen and oxygen atoms in total. The first kappa shape index (κ1) is 26.2. The Morgan fingerprint density at radius 3 is 2.55 bits per heavy atom. The topological polar surface area (TPSA) is 65.5 Å². The summed E-state index contributed by atoms with van der Waals surface area (Å²) in [6, 6.07) is 17.7. The highest BCUT2D eigenvalue weighted by atomic mass is 32.1. The number of hydrazone groups is 1. The number of nitrogens with zero attached hydrogens (tertiary/aromatic N) is 4. The zero-order valence-electron chi connectivity index (χ0n) is 21.4. The lowest BCUT2D eigenvalue weighted by Crippen LogP contribution is -2.46. The van der Waals surface area contributed by atoms with Crippen molar-refractivity contribution in [1.82, 2.24) is 14.8 Å². The normalized spacial score (nSPS) is 17.9. The van der Waals surface area contributed by atoms with Crippen LogP contribution in [0.2, 0.25) is 0 Å². The maximum atomic E-state index is 14.6. The second-order valence-corrected chi connectivity index (χ2v) is 10.5. The lowest BCUT2D eigenvalue weighted by Gasteiger charge is -2.31. The summed E-state index contributed by atoms with van der Waals surface area (Å²) in [6.07, 6.45) is 0.588. The molecule has 1 aromatic heterocycles. The van der Waals surface area contributed by atoms with E-state index in [4.69, 9.17) is 9.84 Å². The van der Waals surface area contributed by atoms with Gasteiger partial charge in [0.2, 0.25) is 0 Å². The van der Waals surface area contributed by atoms with Crippen molar-refractivity contribution < 1.29 is 18.7 Å². The Balaban J connectivity index is 1.40. The number of carbonyl (C=O) groups excluding carboxylic acids is 2. The average Bonchev–Trinajstić information content (AvgIpc) is 3.63. The third kappa shape index (κ3) is 6.01. The molecule has 0 saturated carbocycles. The highest BCUT2D eigenvalue weighted by molar-refractivity contribution is 7.12. The molecule has 5 rings (SSSR count). The largest absolute Gasteiger partial charge is 0.379 e. The number of benzene rings is 2. The van der Waals surface area contributed by atoms with E-state index in [-0.39, 0.29) is 24.1 Å². The number of aryl methyl sites for hydroxylation is 1. The molecular weight excluding hydrogens is 503 g/mol. The van der Waals surface area contributed by atoms with Crippen molar-refractivity contribution >= 4 is 28.9 Å². The van der Waals surface area contributed by atoms with E-state index in [1.807, 2.05) is 48.7 Å². The van der Waals surface area contributed by atoms with Crippen molar-refractivity contribution in [3.8, 4) is 0 Å². The smallest absolute Gasteiger partial charge is 0.262 e. The second-order valence-electron chi connectivity index (χ2n) is 9.55. The van der Waals surface area contributed by atoms with Gasteiger partial charge >= 0.3 is 0 Å². The third-order valence-electron chi connectivity index (χ3n) is 6.94. The van der Waals surface area contributed by atoms with Crippen LogP contribution in [-0.4, -0.2) is 78.3 Å². The Hall–Kier alpha value is -3.40. The molecule has 9 heteroatoms. The fourth-order valence-corrected chi connectivity index (χ4v) is 5.48. The second kappa shape index (κ2) is 12.0. The van der Waals surface area contributed by atoms with Crippen molar-refractivity contribution in [3.05, 3.63) is 93.4 Å². The minimum absolute atomic E-state index is 0.0402. The third-order valence-corrected chi connectivity index (χ3v) is 7.86. The maximum Gasteiger partial charge on any atom is 0.262 e. The van der Waals surface area contributed by atoms with Gasteiger partial charge in [-0.25, -0.2) is 9.40 Å². The average molecular weight is 535 g/mol. The van der Waals surface area contributed by atoms with Crippen molar-refractivity contribution in [2.45, 2.75) is 19.4 Å². The van der Waals surface area contributed by atoms with Gasteiger partial charge in [-0.05, 0) is 36.1 Å². The Morgan fingerprint density at radius 2 is 1.84 bits per heavy atom. The predicted octanol–water partition coefficient (Wildman–Crippen LogP) is 4.35. The first-order valence-corrected chi connectivity index (χ1v) is 13.7. The summed E-state index contributed by atoms with van der Waals surface area (Å²) in [4.78, 5) is 31.9. The summed E-state index contributed by atoms with van der Waals surface area (Å²) in [7, 11) is 0. The first-order valence-electron chi connectivity index (χ1n) is 12.8. The van der Waals surface area contributed by atoms with Crippen LogP contribution in [0.25, 0.3) is 0 Å². The number of hydrogen-bond donors (Lipinski definition) is 0. The molecule has 0 aliphatic carbocycles. The van der Waals surface area contributed by atoms with E-state index in [0.717, 1.165) is 34.8 Å². The Bertz CT molecular complexity index is 1290. The van der Waals surface area contributed by atoms with Gasteiger partial charge in [0.05, 0.1) is 35.4 Å². The van der Waals surface area contributed by atoms with Gasteiger partial charge in [0.15, 0.2) is 0 Å². The van der Waals surface area contributed by atoms with Gasteiger partial charge < -0.3 is 9.64 Å². The van der Waals surface area contributed by atoms with Crippen molar-refractivity contribution in [2.24, 2.45) is 5.10 Å². The maximum absolute atomic E-state index is 14.6. The Morgan fingerprint density at radius 1 is 1.08 bits per heavy atom. The summed E-state index contributed by atoms with van der Waals surface area (Å²) in [6.45, 7) is 5.47. The molecule has 0 unspecified atom stereocenters. The number of carbonyl (C=O) groups is 2. The Kier molecular flexibility index (Phi) is 8.26. The molecule has 0 bridgehead atoms. The molecule has 1 atom stereocenters. The lowest BCUT2D eigenvalue weighted by atomic mass is 10.00. The molecule has 1 saturated heterocycles. The van der Waals surface area contributed by atoms with E-state index in [1.165, 1.54) is 22.0 Å². The van der Waals surface area contributed by atoms with Crippen molar-refractivity contribution in [1.29, 1.82) is 0 Å². The van der Waals surface area contributed by atoms with Gasteiger partial charge in [-0.2, -0.15) is 5.10 Å². The number of amides is 2. The molecule has 2 amide bonds. The predicted molar refractivity (Wildman–Crippen MR) is 146 cm³/mol. The van der Waals surface area contributed by atoms with Crippen LogP contribution in [-0.2, 0) is 9.53 Å². The lowest BCUT2D eigenvalue weighted by molar-refractivity contribution is -0.133. The first-order chi connectivity index (χ1) is 18.5. The van der Waals surface area contributed by atoms with E-state index < -0.39 is 11.7 Å². The van der Waals surface area contributed by atoms with Crippen LogP contribution in [0.15, 0.2) is 71.1 Å². The molecule has 0 radical (unpaired) electrons. The zero-order chi connectivity index (χ0) is 26.5. The molecule has 1 fully saturated rings. The number of thiophene rings is 1. The van der Waals surface area contributed by atoms with Gasteiger partial charge in [0, 0.05) is 32.6 Å². The molecule has 38 heavy (non-hydrogen) atoms. The van der Waals surface area contributed by atoms with E-state index in [1.54, 1.807) is 23.5 Å². The van der Waals surface area contributed by atoms with Gasteiger partial charge in [-0.1, -0.05) is 48.0 Å². The summed E-state index contributed by atoms with van der Waals surface area (Å²) in [5.41, 5.74) is 2.93. The Labute approximate surface area is 226 Å². The molecule has 2 aliphatic heterocycles. The minimum atomic E-state index is -0.599. The molecule has 3 aromatic rings. The molecular formula is C29H31FN4O3S. The summed E-state index contributed by atoms with van der Waals surface area (Å²) in [5, 5.41) is 8.23. The van der Waals surface area contributed by atoms with E-state index >= 15 is 0 Å². The number of halogens is 1. The summed E-state index contributed by atoms with van der Waals surface area (Å²) >= 11 is 1.58. The van der Waals surface area contributed by atoms with Crippen molar-refractivity contribution in [2.75, 3.05) is 45.9 Å². The van der Waals surface area contributed by atoms with E-state index in [0.29, 0.717) is 32.7 Å². The fourth-order valence-electron chi connectivity index (χ4n) is 4.76. The van der Waals surface area contributed by atoms with E-state index in [2.05, 4.69) is 4.90 Å². The zero-order valence-corrected chi connectivity index (χ0v) is 22.2. The van der Waals surface area contributed by atoms with Gasteiger partial charge in [0.25, 0.3) is 11.8 Å². The molecule has 0 N–H and O–H groups in total. The van der Waals surface area contributed by atoms with Crippen LogP contribution in [0.3, 0.4) is 0 Å². The van der Waals surface area contributed by atoms with Crippen molar-refractivity contribution in [3.63, 3.8) is 0 Å². The highest BCUT2D eigenvalue weighted by Crippen LogP contribution is 2.34. The number of ether oxygens (including phenoxy) is 1. The molecule has 2 aliphatic rings. The van der Waals surface area contributed by atoms with Crippen LogP contribution in [0.5, 0.6) is 0 Å². The highest BCUT2D eigenvalue weighted by Gasteiger charge is 2.35. The molecule has 198 valence electrons. The van der Waals surface area contributed by atoms with Crippen LogP contribution in [0.4, 0.5) is 4.39 Å². The quantitative estimate of drug-likeness (QED) is 0.431. The van der Waals surface area contributed by atoms with Gasteiger partial charge in [-0.15, -0.1) is 11.3 Å². The molecule has 0 spiro atoms. The summed E-state index contributed by atoms with van der Waals surface area (Å²) < 4.78 is 20.0. The number of morpholine rings is 1. The minimum Gasteiger partial charge on any atom is -0.379 e. The SMILES string of the molecule is Cc1ccc([C@H]2CC(c3cccs3)=NN2C(=O)CN(CCN2CCOCC2)C(=O)c2ccccc2F)cc1. The van der Waals surface area contributed by atoms with Crippen LogP contribution in [0, 0.1) is 12.7 Å². The monoisotopic (exact) mass is 534 g/mol.